The number of amides is 3. The number of hydrogen-bond acceptors (Lipinski definition) is 4. The highest BCUT2D eigenvalue weighted by Gasteiger charge is 2.42. The molecule has 0 spiro atoms. The summed E-state index contributed by atoms with van der Waals surface area (Å²) in [6, 6.07) is 9.80. The third-order valence-corrected chi connectivity index (χ3v) is 6.88. The smallest absolute Gasteiger partial charge is 0.228 e. The third-order valence-electron chi connectivity index (χ3n) is 6.88. The molecule has 7 heteroatoms. The van der Waals surface area contributed by atoms with E-state index >= 15 is 0 Å². The van der Waals surface area contributed by atoms with Crippen molar-refractivity contribution in [2.24, 2.45) is 5.92 Å². The second kappa shape index (κ2) is 9.16. The van der Waals surface area contributed by atoms with E-state index in [1.54, 1.807) is 23.9 Å². The normalized spacial score (nSPS) is 29.4. The average molecular weight is 416 g/mol. The first-order valence-corrected chi connectivity index (χ1v) is 10.7. The van der Waals surface area contributed by atoms with Gasteiger partial charge in [0.2, 0.25) is 17.7 Å². The molecule has 1 aromatic carbocycles. The molecule has 1 saturated carbocycles. The van der Waals surface area contributed by atoms with Gasteiger partial charge in [0.1, 0.15) is 0 Å². The van der Waals surface area contributed by atoms with E-state index in [-0.39, 0.29) is 41.5 Å². The lowest BCUT2D eigenvalue weighted by molar-refractivity contribution is -0.139. The van der Waals surface area contributed by atoms with Crippen molar-refractivity contribution in [3.63, 3.8) is 0 Å². The molecule has 3 amide bonds. The summed E-state index contributed by atoms with van der Waals surface area (Å²) in [6.07, 6.45) is 2.24. The van der Waals surface area contributed by atoms with Crippen LogP contribution in [0.3, 0.4) is 0 Å². The van der Waals surface area contributed by atoms with Crippen molar-refractivity contribution in [3.8, 4) is 0 Å². The number of aliphatic hydroxyl groups is 1. The molecule has 30 heavy (non-hydrogen) atoms. The van der Waals surface area contributed by atoms with Gasteiger partial charge >= 0.3 is 0 Å². The van der Waals surface area contributed by atoms with Gasteiger partial charge in [0.15, 0.2) is 0 Å². The molecule has 4 atom stereocenters. The van der Waals surface area contributed by atoms with Gasteiger partial charge in [0.25, 0.3) is 0 Å². The number of likely N-dealkylation sites (tertiary alicyclic amines) is 1. The van der Waals surface area contributed by atoms with Crippen molar-refractivity contribution in [1.29, 1.82) is 0 Å². The molecular weight excluding hydrogens is 382 g/mol. The van der Waals surface area contributed by atoms with Gasteiger partial charge in [-0.1, -0.05) is 30.3 Å². The van der Waals surface area contributed by atoms with Crippen LogP contribution < -0.4 is 5.32 Å². The number of likely N-dealkylation sites (N-methyl/N-ethyl adjacent to an activating group) is 1. The van der Waals surface area contributed by atoms with E-state index in [9.17, 15) is 19.5 Å². The first-order chi connectivity index (χ1) is 14.2. The zero-order valence-electron chi connectivity index (χ0n) is 18.1. The molecule has 1 aliphatic carbocycles. The van der Waals surface area contributed by atoms with E-state index in [4.69, 9.17) is 0 Å². The van der Waals surface area contributed by atoms with Crippen molar-refractivity contribution in [1.82, 2.24) is 15.1 Å². The third kappa shape index (κ3) is 4.67. The monoisotopic (exact) mass is 415 g/mol. The Labute approximate surface area is 178 Å². The van der Waals surface area contributed by atoms with Crippen LogP contribution in [0.25, 0.3) is 0 Å². The maximum absolute atomic E-state index is 13.0. The fourth-order valence-electron chi connectivity index (χ4n) is 4.94. The molecule has 0 radical (unpaired) electrons. The Bertz CT molecular complexity index is 784. The molecule has 164 valence electrons. The van der Waals surface area contributed by atoms with Gasteiger partial charge in [-0.3, -0.25) is 14.4 Å². The molecule has 1 aliphatic heterocycles. The van der Waals surface area contributed by atoms with Crippen LogP contribution in [0.4, 0.5) is 0 Å². The fraction of sp³-hybridized carbons (Fsp3) is 0.609. The van der Waals surface area contributed by atoms with Gasteiger partial charge < -0.3 is 20.2 Å². The zero-order chi connectivity index (χ0) is 21.9. The van der Waals surface area contributed by atoms with Crippen molar-refractivity contribution >= 4 is 17.7 Å². The Morgan fingerprint density at radius 3 is 2.50 bits per heavy atom. The summed E-state index contributed by atoms with van der Waals surface area (Å²) in [6.45, 7) is 2.45. The lowest BCUT2D eigenvalue weighted by Crippen LogP contribution is -2.47. The molecule has 1 aromatic rings. The molecule has 1 heterocycles. The van der Waals surface area contributed by atoms with Crippen LogP contribution in [0.15, 0.2) is 30.3 Å². The van der Waals surface area contributed by atoms with Gasteiger partial charge in [-0.25, -0.2) is 0 Å². The van der Waals surface area contributed by atoms with Gasteiger partial charge in [-0.2, -0.15) is 0 Å². The quantitative estimate of drug-likeness (QED) is 0.710. The average Bonchev–Trinajstić information content (AvgIpc) is 2.97. The highest BCUT2D eigenvalue weighted by molar-refractivity contribution is 5.89. The standard InChI is InChI=1S/C23H33N3O4/c1-16(27)24-15-23(18-7-5-4-6-8-18)11-9-19(20(28)10-12-23)26(3)22(30)17-13-21(29)25(2)14-17/h4-8,17,19-20,28H,9-15H2,1-3H3,(H,24,27)/t17-,19-,20-,23-/m1/s1. The Morgan fingerprint density at radius 2 is 1.90 bits per heavy atom. The largest absolute Gasteiger partial charge is 0.391 e. The van der Waals surface area contributed by atoms with E-state index in [1.165, 1.54) is 6.92 Å². The highest BCUT2D eigenvalue weighted by atomic mass is 16.3. The second-order valence-electron chi connectivity index (χ2n) is 8.89. The van der Waals surface area contributed by atoms with Crippen molar-refractivity contribution < 1.29 is 19.5 Å². The van der Waals surface area contributed by atoms with Crippen LogP contribution in [-0.4, -0.2) is 72.0 Å². The summed E-state index contributed by atoms with van der Waals surface area (Å²) in [7, 11) is 3.45. The van der Waals surface area contributed by atoms with Gasteiger partial charge in [0.05, 0.1) is 18.1 Å². The molecule has 0 bridgehead atoms. The van der Waals surface area contributed by atoms with Crippen LogP contribution in [0.5, 0.6) is 0 Å². The van der Waals surface area contributed by atoms with Crippen LogP contribution in [0.1, 0.15) is 44.6 Å². The van der Waals surface area contributed by atoms with E-state index in [2.05, 4.69) is 17.4 Å². The van der Waals surface area contributed by atoms with Crippen molar-refractivity contribution in [2.45, 2.75) is 56.6 Å². The Morgan fingerprint density at radius 1 is 1.23 bits per heavy atom. The first kappa shape index (κ1) is 22.3. The summed E-state index contributed by atoms with van der Waals surface area (Å²) < 4.78 is 0. The summed E-state index contributed by atoms with van der Waals surface area (Å²) in [5.41, 5.74) is 0.861. The maximum Gasteiger partial charge on any atom is 0.228 e. The predicted octanol–water partition coefficient (Wildman–Crippen LogP) is 1.30. The zero-order valence-corrected chi connectivity index (χ0v) is 18.1. The second-order valence-corrected chi connectivity index (χ2v) is 8.89. The van der Waals surface area contributed by atoms with Crippen LogP contribution >= 0.6 is 0 Å². The number of benzene rings is 1. The first-order valence-electron chi connectivity index (χ1n) is 10.7. The van der Waals surface area contributed by atoms with Gasteiger partial charge in [0, 0.05) is 45.9 Å². The van der Waals surface area contributed by atoms with E-state index < -0.39 is 6.10 Å². The number of nitrogens with one attached hydrogen (secondary N) is 1. The van der Waals surface area contributed by atoms with Crippen LogP contribution in [0, 0.1) is 5.92 Å². The Hall–Kier alpha value is -2.41. The van der Waals surface area contributed by atoms with Crippen LogP contribution in [0.2, 0.25) is 0 Å². The Balaban J connectivity index is 1.78. The fourth-order valence-corrected chi connectivity index (χ4v) is 4.94. The summed E-state index contributed by atoms with van der Waals surface area (Å²) in [5.74, 6) is -0.512. The number of carbonyl (C=O) groups is 3. The van der Waals surface area contributed by atoms with E-state index in [0.29, 0.717) is 25.9 Å². The minimum atomic E-state index is -0.642. The molecule has 0 unspecified atom stereocenters. The minimum Gasteiger partial charge on any atom is -0.391 e. The van der Waals surface area contributed by atoms with E-state index in [1.807, 2.05) is 18.2 Å². The topological polar surface area (TPSA) is 90.0 Å². The maximum atomic E-state index is 13.0. The Kier molecular flexibility index (Phi) is 6.81. The number of carbonyl (C=O) groups excluding carboxylic acids is 3. The van der Waals surface area contributed by atoms with Crippen molar-refractivity contribution in [3.05, 3.63) is 35.9 Å². The highest BCUT2D eigenvalue weighted by Crippen LogP contribution is 2.39. The summed E-state index contributed by atoms with van der Waals surface area (Å²) in [5, 5.41) is 13.9. The predicted molar refractivity (Wildman–Crippen MR) is 114 cm³/mol. The number of rotatable bonds is 5. The molecule has 2 aliphatic rings. The van der Waals surface area contributed by atoms with Crippen LogP contribution in [-0.2, 0) is 19.8 Å². The molecule has 3 rings (SSSR count). The molecule has 0 aromatic heterocycles. The van der Waals surface area contributed by atoms with Gasteiger partial charge in [-0.15, -0.1) is 0 Å². The number of hydrogen-bond donors (Lipinski definition) is 2. The molecule has 7 nitrogen and oxygen atoms in total. The molecular formula is C23H33N3O4. The van der Waals surface area contributed by atoms with E-state index in [0.717, 1.165) is 18.4 Å². The van der Waals surface area contributed by atoms with Gasteiger partial charge in [-0.05, 0) is 31.2 Å². The number of aliphatic hydroxyl groups excluding tert-OH is 1. The molecule has 2 fully saturated rings. The lowest BCUT2D eigenvalue weighted by Gasteiger charge is -2.34. The lowest BCUT2D eigenvalue weighted by atomic mass is 9.74. The number of nitrogens with zero attached hydrogens (tertiary/aromatic N) is 2. The SMILES string of the molecule is CC(=O)NC[C@]1(c2ccccc2)CC[C@@H](O)[C@H](N(C)C(=O)[C@@H]2CC(=O)N(C)C2)CC1. The minimum absolute atomic E-state index is 0.0124. The molecule has 1 saturated heterocycles. The van der Waals surface area contributed by atoms with Crippen molar-refractivity contribution in [2.75, 3.05) is 27.2 Å². The summed E-state index contributed by atoms with van der Waals surface area (Å²) >= 11 is 0. The summed E-state index contributed by atoms with van der Waals surface area (Å²) in [4.78, 5) is 39.7. The molecule has 2 N–H and O–H groups in total.